The van der Waals surface area contributed by atoms with Crippen molar-refractivity contribution in [3.05, 3.63) is 58.7 Å². The van der Waals surface area contributed by atoms with Gasteiger partial charge in [0.25, 0.3) is 0 Å². The molecule has 36 heavy (non-hydrogen) atoms. The van der Waals surface area contributed by atoms with Gasteiger partial charge < -0.3 is 10.1 Å². The Morgan fingerprint density at radius 1 is 1.06 bits per heavy atom. The maximum absolute atomic E-state index is 13.5. The lowest BCUT2D eigenvalue weighted by molar-refractivity contribution is -0.128. The molecule has 0 radical (unpaired) electrons. The largest absolute Gasteiger partial charge is 0.379 e. The second kappa shape index (κ2) is 12.0. The number of hydrogen-bond acceptors (Lipinski definition) is 6. The molecule has 1 atom stereocenters. The standard InChI is InChI=1S/C28H36N4O3S/c1-19-9-10-23(22(4)17-19)29-28-32(12-6-11-31-13-15-35-16-14-31)27(34)24(36-28)18-25(33)30-26-20(2)7-5-8-21(26)3/h5,7-10,17,24H,6,11-16,18H2,1-4H3,(H,30,33)/t24-/m0/s1. The summed E-state index contributed by atoms with van der Waals surface area (Å²) < 4.78 is 5.44. The highest BCUT2D eigenvalue weighted by molar-refractivity contribution is 8.15. The van der Waals surface area contributed by atoms with E-state index in [1.807, 2.05) is 51.1 Å². The number of aryl methyl sites for hydroxylation is 4. The zero-order valence-electron chi connectivity index (χ0n) is 21.7. The number of hydrogen-bond donors (Lipinski definition) is 1. The SMILES string of the molecule is Cc1ccc(N=C2S[C@@H](CC(=O)Nc3c(C)cccc3C)C(=O)N2CCCN2CCOCC2)c(C)c1. The number of morpholine rings is 1. The number of thioether (sulfide) groups is 1. The number of amidine groups is 1. The van der Waals surface area contributed by atoms with Gasteiger partial charge in [0.2, 0.25) is 11.8 Å². The zero-order valence-corrected chi connectivity index (χ0v) is 22.5. The van der Waals surface area contributed by atoms with Gasteiger partial charge in [0.15, 0.2) is 5.17 Å². The van der Waals surface area contributed by atoms with Gasteiger partial charge in [-0.05, 0) is 56.9 Å². The Labute approximate surface area is 218 Å². The number of anilines is 1. The maximum atomic E-state index is 13.5. The summed E-state index contributed by atoms with van der Waals surface area (Å²) in [4.78, 5) is 35.4. The van der Waals surface area contributed by atoms with Crippen LogP contribution in [0.2, 0.25) is 0 Å². The molecule has 0 bridgehead atoms. The Bertz CT molecular complexity index is 1120. The molecule has 2 aliphatic rings. The topological polar surface area (TPSA) is 74.2 Å². The van der Waals surface area contributed by atoms with Crippen LogP contribution in [0, 0.1) is 27.7 Å². The summed E-state index contributed by atoms with van der Waals surface area (Å²) in [5.41, 5.74) is 5.94. The Morgan fingerprint density at radius 2 is 1.78 bits per heavy atom. The van der Waals surface area contributed by atoms with E-state index in [1.54, 1.807) is 4.90 Å². The first kappa shape index (κ1) is 26.4. The molecule has 2 saturated heterocycles. The van der Waals surface area contributed by atoms with Crippen molar-refractivity contribution < 1.29 is 14.3 Å². The van der Waals surface area contributed by atoms with Crippen LogP contribution in [0.5, 0.6) is 0 Å². The molecule has 2 aromatic rings. The molecule has 2 aromatic carbocycles. The van der Waals surface area contributed by atoms with Crippen molar-refractivity contribution in [2.45, 2.75) is 45.8 Å². The Kier molecular flexibility index (Phi) is 8.82. The van der Waals surface area contributed by atoms with Crippen molar-refractivity contribution in [3.63, 3.8) is 0 Å². The summed E-state index contributed by atoms with van der Waals surface area (Å²) in [6, 6.07) is 12.0. The molecule has 1 N–H and O–H groups in total. The number of nitrogens with one attached hydrogen (secondary N) is 1. The van der Waals surface area contributed by atoms with Crippen LogP contribution in [0.4, 0.5) is 11.4 Å². The fourth-order valence-corrected chi connectivity index (χ4v) is 5.79. The molecule has 0 saturated carbocycles. The highest BCUT2D eigenvalue weighted by Gasteiger charge is 2.39. The lowest BCUT2D eigenvalue weighted by Gasteiger charge is -2.27. The van der Waals surface area contributed by atoms with Crippen LogP contribution in [0.15, 0.2) is 41.4 Å². The Hall–Kier alpha value is -2.68. The van der Waals surface area contributed by atoms with Crippen molar-refractivity contribution in [2.75, 3.05) is 44.7 Å². The minimum atomic E-state index is -0.484. The molecule has 2 aliphatic heterocycles. The second-order valence-corrected chi connectivity index (χ2v) is 10.8. The lowest BCUT2D eigenvalue weighted by atomic mass is 10.1. The number of rotatable bonds is 8. The van der Waals surface area contributed by atoms with Gasteiger partial charge in [-0.1, -0.05) is 47.7 Å². The average molecular weight is 509 g/mol. The maximum Gasteiger partial charge on any atom is 0.242 e. The number of aliphatic imine (C=N–C) groups is 1. The van der Waals surface area contributed by atoms with Crippen LogP contribution in [0.25, 0.3) is 0 Å². The van der Waals surface area contributed by atoms with E-state index in [-0.39, 0.29) is 18.2 Å². The minimum Gasteiger partial charge on any atom is -0.379 e. The molecule has 4 rings (SSSR count). The van der Waals surface area contributed by atoms with Crippen LogP contribution in [0.3, 0.4) is 0 Å². The quantitative estimate of drug-likeness (QED) is 0.564. The molecular formula is C28H36N4O3S. The molecule has 0 spiro atoms. The number of carbonyl (C=O) groups excluding carboxylic acids is 2. The Balaban J connectivity index is 1.48. The summed E-state index contributed by atoms with van der Waals surface area (Å²) in [7, 11) is 0. The fourth-order valence-electron chi connectivity index (χ4n) is 4.61. The first-order valence-electron chi connectivity index (χ1n) is 12.6. The number of nitrogens with zero attached hydrogens (tertiary/aromatic N) is 3. The molecule has 2 amide bonds. The van der Waals surface area contributed by atoms with Gasteiger partial charge in [0, 0.05) is 38.3 Å². The third-order valence-electron chi connectivity index (χ3n) is 6.66. The van der Waals surface area contributed by atoms with E-state index < -0.39 is 5.25 Å². The van der Waals surface area contributed by atoms with Crippen LogP contribution in [-0.2, 0) is 14.3 Å². The molecule has 192 valence electrons. The van der Waals surface area contributed by atoms with Gasteiger partial charge >= 0.3 is 0 Å². The smallest absolute Gasteiger partial charge is 0.242 e. The third-order valence-corrected chi connectivity index (χ3v) is 7.84. The van der Waals surface area contributed by atoms with Crippen molar-refractivity contribution in [1.82, 2.24) is 9.80 Å². The van der Waals surface area contributed by atoms with Crippen molar-refractivity contribution in [2.24, 2.45) is 4.99 Å². The first-order chi connectivity index (χ1) is 17.3. The molecule has 0 aromatic heterocycles. The summed E-state index contributed by atoms with van der Waals surface area (Å²) in [6.45, 7) is 12.9. The highest BCUT2D eigenvalue weighted by Crippen LogP contribution is 2.33. The number of carbonyl (C=O) groups is 2. The van der Waals surface area contributed by atoms with E-state index in [1.165, 1.54) is 17.3 Å². The van der Waals surface area contributed by atoms with E-state index in [9.17, 15) is 9.59 Å². The van der Waals surface area contributed by atoms with Gasteiger partial charge in [-0.15, -0.1) is 0 Å². The van der Waals surface area contributed by atoms with Gasteiger partial charge in [0.05, 0.1) is 18.9 Å². The van der Waals surface area contributed by atoms with Gasteiger partial charge in [-0.2, -0.15) is 0 Å². The summed E-state index contributed by atoms with van der Waals surface area (Å²) >= 11 is 1.40. The molecule has 0 aliphatic carbocycles. The molecule has 2 heterocycles. The zero-order chi connectivity index (χ0) is 25.7. The van der Waals surface area contributed by atoms with Crippen molar-refractivity contribution >= 4 is 40.1 Å². The van der Waals surface area contributed by atoms with E-state index in [2.05, 4.69) is 23.2 Å². The summed E-state index contributed by atoms with van der Waals surface area (Å²) in [5, 5.41) is 3.22. The fraction of sp³-hybridized carbons (Fsp3) is 0.464. The summed E-state index contributed by atoms with van der Waals surface area (Å²) in [6.07, 6.45) is 0.961. The lowest BCUT2D eigenvalue weighted by Crippen LogP contribution is -2.39. The van der Waals surface area contributed by atoms with Gasteiger partial charge in [0.1, 0.15) is 5.25 Å². The second-order valence-electron chi connectivity index (χ2n) is 9.61. The first-order valence-corrected chi connectivity index (χ1v) is 13.5. The molecule has 2 fully saturated rings. The van der Waals surface area contributed by atoms with Crippen LogP contribution in [0.1, 0.15) is 35.1 Å². The Morgan fingerprint density at radius 3 is 2.47 bits per heavy atom. The molecule has 8 heteroatoms. The number of benzene rings is 2. The van der Waals surface area contributed by atoms with E-state index in [0.29, 0.717) is 11.7 Å². The van der Waals surface area contributed by atoms with Gasteiger partial charge in [-0.25, -0.2) is 4.99 Å². The van der Waals surface area contributed by atoms with Crippen LogP contribution < -0.4 is 5.32 Å². The van der Waals surface area contributed by atoms with E-state index >= 15 is 0 Å². The number of para-hydroxylation sites is 1. The normalized spacial score (nSPS) is 19.8. The van der Waals surface area contributed by atoms with Crippen LogP contribution in [-0.4, -0.2) is 71.4 Å². The predicted molar refractivity (Wildman–Crippen MR) is 147 cm³/mol. The van der Waals surface area contributed by atoms with Gasteiger partial charge in [-0.3, -0.25) is 19.4 Å². The van der Waals surface area contributed by atoms with E-state index in [4.69, 9.17) is 9.73 Å². The number of amides is 2. The molecule has 7 nitrogen and oxygen atoms in total. The molecular weight excluding hydrogens is 472 g/mol. The van der Waals surface area contributed by atoms with E-state index in [0.717, 1.165) is 67.3 Å². The van der Waals surface area contributed by atoms with Crippen molar-refractivity contribution in [3.8, 4) is 0 Å². The third kappa shape index (κ3) is 6.55. The highest BCUT2D eigenvalue weighted by atomic mass is 32.2. The monoisotopic (exact) mass is 508 g/mol. The summed E-state index contributed by atoms with van der Waals surface area (Å²) in [5.74, 6) is -0.193. The van der Waals surface area contributed by atoms with Crippen LogP contribution >= 0.6 is 11.8 Å². The minimum absolute atomic E-state index is 0.0397. The average Bonchev–Trinajstić information content (AvgIpc) is 3.13. The van der Waals surface area contributed by atoms with Crippen molar-refractivity contribution in [1.29, 1.82) is 0 Å². The predicted octanol–water partition coefficient (Wildman–Crippen LogP) is 4.60. The number of ether oxygens (including phenoxy) is 1. The molecule has 0 unspecified atom stereocenters.